The normalized spacial score (nSPS) is 13.1. The molecule has 3 rings (SSSR count). The zero-order valence-electron chi connectivity index (χ0n) is 11.7. The number of rotatable bonds is 4. The third-order valence-corrected chi connectivity index (χ3v) is 5.38. The fraction of sp³-hybridized carbons (Fsp3) is 0.250. The van der Waals surface area contributed by atoms with Gasteiger partial charge in [-0.15, -0.1) is 0 Å². The Hall–Kier alpha value is -1.17. The molecule has 3 aromatic rings. The van der Waals surface area contributed by atoms with Crippen LogP contribution < -0.4 is 0 Å². The maximum absolute atomic E-state index is 11.5. The van der Waals surface area contributed by atoms with Gasteiger partial charge in [0.2, 0.25) is 0 Å². The van der Waals surface area contributed by atoms with E-state index in [0.717, 1.165) is 35.7 Å². The molecule has 0 amide bonds. The second-order valence-corrected chi connectivity index (χ2v) is 6.86. The summed E-state index contributed by atoms with van der Waals surface area (Å²) in [4.78, 5) is 0.417. The van der Waals surface area contributed by atoms with Crippen LogP contribution >= 0.6 is 15.9 Å². The highest BCUT2D eigenvalue weighted by molar-refractivity contribution is 9.10. The van der Waals surface area contributed by atoms with Gasteiger partial charge in [-0.05, 0) is 40.5 Å². The van der Waals surface area contributed by atoms with E-state index in [1.807, 2.05) is 24.3 Å². The van der Waals surface area contributed by atoms with E-state index in [1.165, 1.54) is 5.52 Å². The molecule has 3 nitrogen and oxygen atoms in total. The third kappa shape index (κ3) is 2.54. The number of hydrogen-bond donors (Lipinski definition) is 1. The van der Waals surface area contributed by atoms with Crippen molar-refractivity contribution >= 4 is 48.8 Å². The highest BCUT2D eigenvalue weighted by Gasteiger charge is 2.15. The van der Waals surface area contributed by atoms with E-state index in [0.29, 0.717) is 9.37 Å². The third-order valence-electron chi connectivity index (χ3n) is 3.75. The van der Waals surface area contributed by atoms with Crippen LogP contribution in [0.15, 0.2) is 45.8 Å². The van der Waals surface area contributed by atoms with Crippen molar-refractivity contribution in [3.63, 3.8) is 0 Å². The Balaban J connectivity index is 2.37. The lowest BCUT2D eigenvalue weighted by atomic mass is 10.1. The van der Waals surface area contributed by atoms with E-state index in [9.17, 15) is 8.76 Å². The van der Waals surface area contributed by atoms with Crippen molar-refractivity contribution in [1.82, 2.24) is 4.57 Å². The Labute approximate surface area is 134 Å². The Morgan fingerprint density at radius 1 is 1.19 bits per heavy atom. The van der Waals surface area contributed by atoms with Crippen LogP contribution in [0, 0.1) is 0 Å². The summed E-state index contributed by atoms with van der Waals surface area (Å²) in [6, 6.07) is 12.0. The van der Waals surface area contributed by atoms with Crippen molar-refractivity contribution in [2.45, 2.75) is 31.2 Å². The summed E-state index contributed by atoms with van der Waals surface area (Å²) in [5.41, 5.74) is 2.28. The molecule has 0 bridgehead atoms. The Bertz CT molecular complexity index is 841. The molecule has 5 heteroatoms. The number of unbranched alkanes of at least 4 members (excludes halogenated alkanes) is 1. The SMILES string of the molecule is CCCCn1c2ccccc2c2cc(S(=O)O)c(Br)cc21. The zero-order valence-corrected chi connectivity index (χ0v) is 14.1. The fourth-order valence-corrected chi connectivity index (χ4v) is 3.93. The van der Waals surface area contributed by atoms with E-state index in [1.54, 1.807) is 0 Å². The molecule has 0 radical (unpaired) electrons. The van der Waals surface area contributed by atoms with Crippen molar-refractivity contribution in [3.8, 4) is 0 Å². The summed E-state index contributed by atoms with van der Waals surface area (Å²) >= 11 is 1.42. The molecule has 0 saturated carbocycles. The van der Waals surface area contributed by atoms with Crippen molar-refractivity contribution in [2.24, 2.45) is 0 Å². The van der Waals surface area contributed by atoms with Gasteiger partial charge in [-0.25, -0.2) is 4.21 Å². The van der Waals surface area contributed by atoms with Crippen LogP contribution in [0.2, 0.25) is 0 Å². The maximum Gasteiger partial charge on any atom is 0.187 e. The minimum atomic E-state index is -1.99. The fourth-order valence-electron chi connectivity index (χ4n) is 2.74. The van der Waals surface area contributed by atoms with E-state index >= 15 is 0 Å². The van der Waals surface area contributed by atoms with Gasteiger partial charge in [0.05, 0.1) is 10.4 Å². The molecule has 1 N–H and O–H groups in total. The summed E-state index contributed by atoms with van der Waals surface area (Å²) in [5, 5.41) is 2.16. The standard InChI is InChI=1S/C16H16BrNO2S/c1-2-3-8-18-14-7-5-4-6-11(14)12-9-16(21(19)20)13(17)10-15(12)18/h4-7,9-10H,2-3,8H2,1H3,(H,19,20). The maximum atomic E-state index is 11.5. The lowest BCUT2D eigenvalue weighted by Gasteiger charge is -2.07. The molecule has 0 saturated heterocycles. The number of fused-ring (bicyclic) bond motifs is 3. The van der Waals surface area contributed by atoms with E-state index < -0.39 is 11.1 Å². The molecule has 110 valence electrons. The van der Waals surface area contributed by atoms with Gasteiger partial charge in [0.1, 0.15) is 0 Å². The van der Waals surface area contributed by atoms with Crippen molar-refractivity contribution in [2.75, 3.05) is 0 Å². The second-order valence-electron chi connectivity index (χ2n) is 5.07. The molecule has 1 heterocycles. The first-order valence-corrected chi connectivity index (χ1v) is 8.84. The topological polar surface area (TPSA) is 42.2 Å². The van der Waals surface area contributed by atoms with Crippen LogP contribution in [0.3, 0.4) is 0 Å². The molecule has 0 aliphatic rings. The highest BCUT2D eigenvalue weighted by atomic mass is 79.9. The molecular weight excluding hydrogens is 350 g/mol. The average Bonchev–Trinajstić information content (AvgIpc) is 2.77. The number of aryl methyl sites for hydroxylation is 1. The van der Waals surface area contributed by atoms with Crippen LogP contribution in [0.25, 0.3) is 21.8 Å². The van der Waals surface area contributed by atoms with Gasteiger partial charge in [0, 0.05) is 27.3 Å². The quantitative estimate of drug-likeness (QED) is 0.665. The van der Waals surface area contributed by atoms with E-state index in [4.69, 9.17) is 0 Å². The molecule has 21 heavy (non-hydrogen) atoms. The summed E-state index contributed by atoms with van der Waals surface area (Å²) in [6.45, 7) is 3.13. The molecule has 0 spiro atoms. The van der Waals surface area contributed by atoms with Gasteiger partial charge in [0.25, 0.3) is 0 Å². The van der Waals surface area contributed by atoms with Crippen LogP contribution in [0.4, 0.5) is 0 Å². The van der Waals surface area contributed by atoms with Crippen LogP contribution in [-0.4, -0.2) is 13.3 Å². The minimum Gasteiger partial charge on any atom is -0.340 e. The summed E-state index contributed by atoms with van der Waals surface area (Å²) < 4.78 is 23.8. The largest absolute Gasteiger partial charge is 0.340 e. The van der Waals surface area contributed by atoms with E-state index in [2.05, 4.69) is 39.6 Å². The first-order chi connectivity index (χ1) is 10.1. The zero-order chi connectivity index (χ0) is 15.0. The van der Waals surface area contributed by atoms with Gasteiger partial charge in [0.15, 0.2) is 11.1 Å². The Kier molecular flexibility index (Phi) is 4.15. The minimum absolute atomic E-state index is 0.417. The molecule has 0 aliphatic carbocycles. The van der Waals surface area contributed by atoms with Gasteiger partial charge >= 0.3 is 0 Å². The molecule has 0 aliphatic heterocycles. The van der Waals surface area contributed by atoms with Crippen LogP contribution in [0.1, 0.15) is 19.8 Å². The number of para-hydroxylation sites is 1. The second kappa shape index (κ2) is 5.91. The molecule has 2 aromatic carbocycles. The first kappa shape index (κ1) is 14.8. The summed E-state index contributed by atoms with van der Waals surface area (Å²) in [6.07, 6.45) is 2.24. The molecular formula is C16H16BrNO2S. The molecule has 0 fully saturated rings. The predicted molar refractivity (Wildman–Crippen MR) is 91.1 cm³/mol. The van der Waals surface area contributed by atoms with Crippen LogP contribution in [-0.2, 0) is 17.6 Å². The molecule has 1 unspecified atom stereocenters. The number of hydrogen-bond acceptors (Lipinski definition) is 1. The molecule has 1 aromatic heterocycles. The predicted octanol–water partition coefficient (Wildman–Crippen LogP) is 4.94. The van der Waals surface area contributed by atoms with Crippen molar-refractivity contribution < 1.29 is 8.76 Å². The Morgan fingerprint density at radius 3 is 2.67 bits per heavy atom. The van der Waals surface area contributed by atoms with Gasteiger partial charge in [-0.2, -0.15) is 0 Å². The van der Waals surface area contributed by atoms with Gasteiger partial charge < -0.3 is 9.12 Å². The Morgan fingerprint density at radius 2 is 1.95 bits per heavy atom. The van der Waals surface area contributed by atoms with Crippen LogP contribution in [0.5, 0.6) is 0 Å². The monoisotopic (exact) mass is 365 g/mol. The summed E-state index contributed by atoms with van der Waals surface area (Å²) in [7, 11) is 0. The van der Waals surface area contributed by atoms with Gasteiger partial charge in [-0.3, -0.25) is 0 Å². The number of benzene rings is 2. The van der Waals surface area contributed by atoms with E-state index in [-0.39, 0.29) is 0 Å². The smallest absolute Gasteiger partial charge is 0.187 e. The first-order valence-electron chi connectivity index (χ1n) is 6.94. The summed E-state index contributed by atoms with van der Waals surface area (Å²) in [5.74, 6) is 0. The lowest BCUT2D eigenvalue weighted by molar-refractivity contribution is 0.564. The number of aromatic nitrogens is 1. The van der Waals surface area contributed by atoms with Gasteiger partial charge in [-0.1, -0.05) is 31.5 Å². The van der Waals surface area contributed by atoms with Crippen molar-refractivity contribution in [1.29, 1.82) is 0 Å². The average molecular weight is 366 g/mol. The molecule has 1 atom stereocenters. The highest BCUT2D eigenvalue weighted by Crippen LogP contribution is 2.34. The lowest BCUT2D eigenvalue weighted by Crippen LogP contribution is -1.97. The van der Waals surface area contributed by atoms with Crippen molar-refractivity contribution in [3.05, 3.63) is 40.9 Å². The number of halogens is 1. The number of nitrogens with zero attached hydrogens (tertiary/aromatic N) is 1.